The van der Waals surface area contributed by atoms with Crippen LogP contribution in [0, 0.1) is 19.8 Å². The zero-order valence-corrected chi connectivity index (χ0v) is 20.7. The van der Waals surface area contributed by atoms with Crippen molar-refractivity contribution in [2.45, 2.75) is 38.0 Å². The lowest BCUT2D eigenvalue weighted by Crippen LogP contribution is -2.46. The van der Waals surface area contributed by atoms with Gasteiger partial charge < -0.3 is 4.90 Å². The van der Waals surface area contributed by atoms with Gasteiger partial charge in [-0.05, 0) is 74.4 Å². The molecule has 0 unspecified atom stereocenters. The van der Waals surface area contributed by atoms with Gasteiger partial charge in [0.1, 0.15) is 6.54 Å². The average Bonchev–Trinajstić information content (AvgIpc) is 2.83. The van der Waals surface area contributed by atoms with Crippen molar-refractivity contribution in [1.29, 1.82) is 0 Å². The minimum absolute atomic E-state index is 0.157. The van der Waals surface area contributed by atoms with Crippen LogP contribution in [0.5, 0.6) is 0 Å². The second-order valence-corrected chi connectivity index (χ2v) is 11.0. The molecule has 0 N–H and O–H groups in total. The van der Waals surface area contributed by atoms with Crippen LogP contribution in [-0.2, 0) is 21.2 Å². The van der Waals surface area contributed by atoms with Crippen molar-refractivity contribution in [3.63, 3.8) is 0 Å². The third kappa shape index (κ3) is 5.68. The lowest BCUT2D eigenvalue weighted by molar-refractivity contribution is -0.130. The number of carbonyl (C=O) groups is 1. The van der Waals surface area contributed by atoms with Crippen molar-refractivity contribution in [1.82, 2.24) is 4.90 Å². The van der Waals surface area contributed by atoms with E-state index in [-0.39, 0.29) is 17.3 Å². The number of piperidine rings is 1. The first kappa shape index (κ1) is 24.0. The Labute approximate surface area is 203 Å². The number of benzene rings is 3. The fourth-order valence-corrected chi connectivity index (χ4v) is 5.90. The highest BCUT2D eigenvalue weighted by molar-refractivity contribution is 7.92. The summed E-state index contributed by atoms with van der Waals surface area (Å²) < 4.78 is 28.4. The SMILES string of the molecule is Cc1ccc(S(=O)(=O)N(CC(=O)N2CCC(Cc3ccccc3)CC2)c2cccc(C)c2)cc1. The number of amides is 1. The van der Waals surface area contributed by atoms with Gasteiger partial charge in [0.25, 0.3) is 10.0 Å². The maximum atomic E-state index is 13.6. The maximum Gasteiger partial charge on any atom is 0.264 e. The van der Waals surface area contributed by atoms with E-state index in [0.29, 0.717) is 24.7 Å². The second-order valence-electron chi connectivity index (χ2n) is 9.18. The average molecular weight is 477 g/mol. The van der Waals surface area contributed by atoms with Crippen LogP contribution in [-0.4, -0.2) is 38.9 Å². The van der Waals surface area contributed by atoms with Crippen LogP contribution >= 0.6 is 0 Å². The molecule has 3 aromatic rings. The van der Waals surface area contributed by atoms with Crippen molar-refractivity contribution in [2.75, 3.05) is 23.9 Å². The van der Waals surface area contributed by atoms with Gasteiger partial charge >= 0.3 is 0 Å². The summed E-state index contributed by atoms with van der Waals surface area (Å²) in [7, 11) is -3.89. The Kier molecular flexibility index (Phi) is 7.37. The highest BCUT2D eigenvalue weighted by atomic mass is 32.2. The van der Waals surface area contributed by atoms with E-state index in [4.69, 9.17) is 0 Å². The third-order valence-electron chi connectivity index (χ3n) is 6.51. The summed E-state index contributed by atoms with van der Waals surface area (Å²) in [4.78, 5) is 15.3. The molecule has 3 aromatic carbocycles. The highest BCUT2D eigenvalue weighted by Gasteiger charge is 2.30. The van der Waals surface area contributed by atoms with Crippen LogP contribution in [0.4, 0.5) is 5.69 Å². The molecule has 0 bridgehead atoms. The van der Waals surface area contributed by atoms with E-state index in [1.54, 1.807) is 30.3 Å². The fourth-order valence-electron chi connectivity index (χ4n) is 4.49. The number of aryl methyl sites for hydroxylation is 2. The Bertz CT molecular complexity index is 1220. The molecule has 1 heterocycles. The van der Waals surface area contributed by atoms with Gasteiger partial charge in [-0.25, -0.2) is 8.42 Å². The molecule has 34 heavy (non-hydrogen) atoms. The summed E-state index contributed by atoms with van der Waals surface area (Å²) in [6, 6.07) is 24.5. The second kappa shape index (κ2) is 10.4. The maximum absolute atomic E-state index is 13.6. The molecular weight excluding hydrogens is 444 g/mol. The predicted molar refractivity (Wildman–Crippen MR) is 136 cm³/mol. The Hall–Kier alpha value is -3.12. The first-order valence-electron chi connectivity index (χ1n) is 11.8. The molecule has 1 aliphatic rings. The van der Waals surface area contributed by atoms with E-state index < -0.39 is 10.0 Å². The van der Waals surface area contributed by atoms with Gasteiger partial charge in [-0.2, -0.15) is 0 Å². The van der Waals surface area contributed by atoms with Gasteiger partial charge in [0.05, 0.1) is 10.6 Å². The van der Waals surface area contributed by atoms with E-state index in [0.717, 1.165) is 30.4 Å². The number of rotatable bonds is 7. The number of hydrogen-bond donors (Lipinski definition) is 0. The van der Waals surface area contributed by atoms with Gasteiger partial charge in [-0.15, -0.1) is 0 Å². The van der Waals surface area contributed by atoms with Crippen LogP contribution in [0.25, 0.3) is 0 Å². The Morgan fingerprint density at radius 2 is 1.56 bits per heavy atom. The predicted octanol–water partition coefficient (Wildman–Crippen LogP) is 4.98. The molecule has 1 aliphatic heterocycles. The van der Waals surface area contributed by atoms with E-state index in [2.05, 4.69) is 24.3 Å². The number of anilines is 1. The molecule has 5 nitrogen and oxygen atoms in total. The number of hydrogen-bond acceptors (Lipinski definition) is 3. The third-order valence-corrected chi connectivity index (χ3v) is 8.30. The Morgan fingerprint density at radius 3 is 2.21 bits per heavy atom. The molecule has 0 aromatic heterocycles. The molecule has 0 saturated carbocycles. The van der Waals surface area contributed by atoms with E-state index in [1.807, 2.05) is 43.0 Å². The normalized spacial score (nSPS) is 14.7. The summed E-state index contributed by atoms with van der Waals surface area (Å²) >= 11 is 0. The molecule has 178 valence electrons. The molecule has 0 spiro atoms. The van der Waals surface area contributed by atoms with Crippen LogP contribution in [0.2, 0.25) is 0 Å². The lowest BCUT2D eigenvalue weighted by Gasteiger charge is -2.34. The van der Waals surface area contributed by atoms with E-state index in [9.17, 15) is 13.2 Å². The summed E-state index contributed by atoms with van der Waals surface area (Å²) in [6.07, 6.45) is 2.87. The molecule has 4 rings (SSSR count). The molecule has 0 radical (unpaired) electrons. The largest absolute Gasteiger partial charge is 0.341 e. The molecule has 0 atom stereocenters. The molecule has 1 fully saturated rings. The first-order chi connectivity index (χ1) is 16.3. The number of nitrogens with zero attached hydrogens (tertiary/aromatic N) is 2. The van der Waals surface area contributed by atoms with Crippen molar-refractivity contribution in [3.8, 4) is 0 Å². The van der Waals surface area contributed by atoms with Crippen LogP contribution in [0.3, 0.4) is 0 Å². The number of sulfonamides is 1. The summed E-state index contributed by atoms with van der Waals surface area (Å²) in [5.74, 6) is 0.381. The Balaban J connectivity index is 1.49. The first-order valence-corrected chi connectivity index (χ1v) is 13.2. The van der Waals surface area contributed by atoms with Crippen LogP contribution in [0.15, 0.2) is 83.8 Å². The number of carbonyl (C=O) groups excluding carboxylic acids is 1. The number of likely N-dealkylation sites (tertiary alicyclic amines) is 1. The standard InChI is InChI=1S/C28H32N2O3S/c1-22-11-13-27(14-12-22)34(32,33)30(26-10-6-7-23(2)19-26)21-28(31)29-17-15-25(16-18-29)20-24-8-4-3-5-9-24/h3-14,19,25H,15-18,20-21H2,1-2H3. The van der Waals surface area contributed by atoms with E-state index in [1.165, 1.54) is 9.87 Å². The van der Waals surface area contributed by atoms with Gasteiger partial charge in [-0.3, -0.25) is 9.10 Å². The van der Waals surface area contributed by atoms with Gasteiger partial charge in [0.2, 0.25) is 5.91 Å². The highest BCUT2D eigenvalue weighted by Crippen LogP contribution is 2.26. The minimum Gasteiger partial charge on any atom is -0.341 e. The minimum atomic E-state index is -3.89. The fraction of sp³-hybridized carbons (Fsp3) is 0.321. The van der Waals surface area contributed by atoms with Crippen molar-refractivity contribution >= 4 is 21.6 Å². The smallest absolute Gasteiger partial charge is 0.264 e. The molecule has 1 saturated heterocycles. The molecule has 6 heteroatoms. The zero-order chi connectivity index (χ0) is 24.1. The van der Waals surface area contributed by atoms with E-state index >= 15 is 0 Å². The monoisotopic (exact) mass is 476 g/mol. The lowest BCUT2D eigenvalue weighted by atomic mass is 9.90. The van der Waals surface area contributed by atoms with Crippen molar-refractivity contribution in [3.05, 3.63) is 95.6 Å². The van der Waals surface area contributed by atoms with Gasteiger partial charge in [0, 0.05) is 13.1 Å². The molecule has 1 amide bonds. The van der Waals surface area contributed by atoms with Crippen LogP contribution in [0.1, 0.15) is 29.5 Å². The van der Waals surface area contributed by atoms with Gasteiger partial charge in [-0.1, -0.05) is 60.2 Å². The summed E-state index contributed by atoms with van der Waals surface area (Å²) in [5, 5.41) is 0. The van der Waals surface area contributed by atoms with Gasteiger partial charge in [0.15, 0.2) is 0 Å². The quantitative estimate of drug-likeness (QED) is 0.483. The molecular formula is C28H32N2O3S. The Morgan fingerprint density at radius 1 is 0.882 bits per heavy atom. The topological polar surface area (TPSA) is 57.7 Å². The summed E-state index contributed by atoms with van der Waals surface area (Å²) in [5.41, 5.74) is 3.75. The van der Waals surface area contributed by atoms with Crippen molar-refractivity contribution < 1.29 is 13.2 Å². The van der Waals surface area contributed by atoms with Crippen LogP contribution < -0.4 is 4.31 Å². The zero-order valence-electron chi connectivity index (χ0n) is 19.9. The van der Waals surface area contributed by atoms with Crippen molar-refractivity contribution in [2.24, 2.45) is 5.92 Å². The molecule has 0 aliphatic carbocycles. The summed E-state index contributed by atoms with van der Waals surface area (Å²) in [6.45, 7) is 4.94.